The summed E-state index contributed by atoms with van der Waals surface area (Å²) in [4.78, 5) is 11.1. The Balaban J connectivity index is 2.21. The van der Waals surface area contributed by atoms with Gasteiger partial charge in [0.15, 0.2) is 0 Å². The van der Waals surface area contributed by atoms with Crippen molar-refractivity contribution in [2.75, 3.05) is 6.16 Å². The van der Waals surface area contributed by atoms with Gasteiger partial charge >= 0.3 is 5.97 Å². The summed E-state index contributed by atoms with van der Waals surface area (Å²) >= 11 is 0. The highest BCUT2D eigenvalue weighted by Crippen LogP contribution is 2.56. The number of aryl methyl sites for hydroxylation is 3. The van der Waals surface area contributed by atoms with Crippen molar-refractivity contribution < 1.29 is 9.90 Å². The molecule has 3 aromatic rings. The molecule has 0 unspecified atom stereocenters. The molecule has 1 N–H and O–H groups in total. The van der Waals surface area contributed by atoms with E-state index in [1.165, 1.54) is 32.6 Å². The third-order valence-corrected chi connectivity index (χ3v) is 9.93. The lowest BCUT2D eigenvalue weighted by Crippen LogP contribution is -2.34. The van der Waals surface area contributed by atoms with Gasteiger partial charge in [0, 0.05) is 6.42 Å². The highest BCUT2D eigenvalue weighted by atomic mass is 31.2. The summed E-state index contributed by atoms with van der Waals surface area (Å²) in [6.45, 7) is 6.44. The van der Waals surface area contributed by atoms with Crippen LogP contribution in [0.2, 0.25) is 0 Å². The monoisotopic (exact) mass is 405 g/mol. The molecule has 0 saturated heterocycles. The second kappa shape index (κ2) is 9.37. The first-order valence-corrected chi connectivity index (χ1v) is 12.2. The Bertz CT molecular complexity index is 882. The molecule has 0 atom stereocenters. The Labute approximate surface area is 175 Å². The van der Waals surface area contributed by atoms with Crippen LogP contribution in [0.15, 0.2) is 72.8 Å². The molecule has 2 nitrogen and oxygen atoms in total. The maximum Gasteiger partial charge on any atom is 0.303 e. The van der Waals surface area contributed by atoms with E-state index >= 15 is 0 Å². The lowest BCUT2D eigenvalue weighted by Gasteiger charge is -2.28. The molecule has 0 radical (unpaired) electrons. The van der Waals surface area contributed by atoms with E-state index in [1.807, 2.05) is 0 Å². The molecule has 3 heteroatoms. The number of aliphatic carboxylic acids is 1. The van der Waals surface area contributed by atoms with Gasteiger partial charge in [0.2, 0.25) is 0 Å². The number of benzene rings is 3. The summed E-state index contributed by atoms with van der Waals surface area (Å²) in [5.41, 5.74) is 3.79. The molecule has 150 valence electrons. The molecule has 0 saturated carbocycles. The van der Waals surface area contributed by atoms with Gasteiger partial charge in [0.1, 0.15) is 23.2 Å². The van der Waals surface area contributed by atoms with Crippen LogP contribution in [0.4, 0.5) is 0 Å². The van der Waals surface area contributed by atoms with E-state index < -0.39 is 13.2 Å². The van der Waals surface area contributed by atoms with Crippen LogP contribution in [0, 0.1) is 20.8 Å². The number of hydrogen-bond donors (Lipinski definition) is 1. The number of rotatable bonds is 8. The fourth-order valence-electron chi connectivity index (χ4n) is 4.06. The van der Waals surface area contributed by atoms with Crippen molar-refractivity contribution in [3.63, 3.8) is 0 Å². The van der Waals surface area contributed by atoms with E-state index in [0.29, 0.717) is 6.42 Å². The van der Waals surface area contributed by atoms with Crippen LogP contribution in [0.25, 0.3) is 0 Å². The second-order valence-electron chi connectivity index (χ2n) is 7.90. The Kier molecular flexibility index (Phi) is 6.87. The fourth-order valence-corrected chi connectivity index (χ4v) is 8.72. The largest absolute Gasteiger partial charge is 0.481 e. The molecule has 0 amide bonds. The molecule has 0 aromatic heterocycles. The average Bonchev–Trinajstić information content (AvgIpc) is 2.68. The molecule has 0 fully saturated rings. The minimum absolute atomic E-state index is 0.232. The predicted octanol–water partition coefficient (Wildman–Crippen LogP) is 5.16. The summed E-state index contributed by atoms with van der Waals surface area (Å²) < 4.78 is 0. The second-order valence-corrected chi connectivity index (χ2v) is 11.5. The van der Waals surface area contributed by atoms with Crippen molar-refractivity contribution in [1.82, 2.24) is 0 Å². The Hall–Kier alpha value is -2.44. The highest BCUT2D eigenvalue weighted by Gasteiger charge is 2.45. The van der Waals surface area contributed by atoms with Gasteiger partial charge in [0.25, 0.3) is 0 Å². The lowest BCUT2D eigenvalue weighted by molar-refractivity contribution is -0.137. The summed E-state index contributed by atoms with van der Waals surface area (Å²) in [5.74, 6) is -0.712. The smallest absolute Gasteiger partial charge is 0.303 e. The van der Waals surface area contributed by atoms with Crippen molar-refractivity contribution in [3.8, 4) is 0 Å². The number of carboxylic acid groups (broad SMARTS) is 1. The minimum Gasteiger partial charge on any atom is -0.481 e. The maximum absolute atomic E-state index is 11.1. The number of carbonyl (C=O) groups is 1. The van der Waals surface area contributed by atoms with Gasteiger partial charge in [-0.05, 0) is 86.7 Å². The molecular formula is C26H30O2P+. The van der Waals surface area contributed by atoms with Crippen LogP contribution in [-0.4, -0.2) is 17.2 Å². The van der Waals surface area contributed by atoms with Gasteiger partial charge in [0.05, 0.1) is 6.16 Å². The maximum atomic E-state index is 11.1. The molecule has 0 aliphatic carbocycles. The third-order valence-electron chi connectivity index (χ3n) is 5.46. The van der Waals surface area contributed by atoms with Gasteiger partial charge in [-0.25, -0.2) is 0 Å². The van der Waals surface area contributed by atoms with E-state index in [2.05, 4.69) is 93.6 Å². The highest BCUT2D eigenvalue weighted by molar-refractivity contribution is 7.95. The number of unbranched alkanes of at least 4 members (excludes halogenated alkanes) is 1. The van der Waals surface area contributed by atoms with E-state index in [-0.39, 0.29) is 6.42 Å². The van der Waals surface area contributed by atoms with E-state index in [4.69, 9.17) is 5.11 Å². The number of carboxylic acids is 1. The van der Waals surface area contributed by atoms with Crippen LogP contribution in [0.5, 0.6) is 0 Å². The van der Waals surface area contributed by atoms with E-state index in [9.17, 15) is 4.79 Å². The average molecular weight is 405 g/mol. The Morgan fingerprint density at radius 2 is 1.14 bits per heavy atom. The Morgan fingerprint density at radius 1 is 0.724 bits per heavy atom. The van der Waals surface area contributed by atoms with Crippen LogP contribution < -0.4 is 15.9 Å². The standard InChI is InChI=1S/C26H29O2P/c1-20-9-6-12-23(17-20)29(16-5-4-15-26(27)28,24-13-7-10-21(2)18-24)25-14-8-11-22(3)19-25/h6-14,17-19H,4-5,15-16H2,1-3H3/p+1. The summed E-state index contributed by atoms with van der Waals surface area (Å²) in [6.07, 6.45) is 2.82. The van der Waals surface area contributed by atoms with Gasteiger partial charge in [-0.1, -0.05) is 36.4 Å². The molecule has 3 aromatic carbocycles. The first kappa shape index (κ1) is 21.3. The van der Waals surface area contributed by atoms with Gasteiger partial charge in [-0.15, -0.1) is 0 Å². The van der Waals surface area contributed by atoms with E-state index in [0.717, 1.165) is 12.6 Å². The third kappa shape index (κ3) is 4.95. The topological polar surface area (TPSA) is 37.3 Å². The summed E-state index contributed by atoms with van der Waals surface area (Å²) in [5, 5.41) is 13.2. The van der Waals surface area contributed by atoms with E-state index in [1.54, 1.807) is 0 Å². The van der Waals surface area contributed by atoms with Crippen LogP contribution >= 0.6 is 7.26 Å². The molecular weight excluding hydrogens is 375 g/mol. The molecule has 0 aliphatic rings. The van der Waals surface area contributed by atoms with Crippen molar-refractivity contribution in [2.24, 2.45) is 0 Å². The summed E-state index contributed by atoms with van der Waals surface area (Å²) in [6, 6.07) is 26.7. The predicted molar refractivity (Wildman–Crippen MR) is 126 cm³/mol. The normalized spacial score (nSPS) is 11.4. The zero-order valence-electron chi connectivity index (χ0n) is 17.6. The molecule has 0 bridgehead atoms. The fraction of sp³-hybridized carbons (Fsp3) is 0.269. The van der Waals surface area contributed by atoms with Crippen molar-refractivity contribution >= 4 is 29.1 Å². The molecule has 29 heavy (non-hydrogen) atoms. The summed E-state index contributed by atoms with van der Waals surface area (Å²) in [7, 11) is -1.89. The molecule has 0 aliphatic heterocycles. The van der Waals surface area contributed by atoms with Gasteiger partial charge in [-0.3, -0.25) is 4.79 Å². The first-order chi connectivity index (χ1) is 13.9. The zero-order chi connectivity index (χ0) is 20.9. The number of hydrogen-bond acceptors (Lipinski definition) is 1. The molecule has 0 spiro atoms. The molecule has 3 rings (SSSR count). The molecule has 0 heterocycles. The SMILES string of the molecule is Cc1cccc([P+](CCCCC(=O)O)(c2cccc(C)c2)c2cccc(C)c2)c1. The van der Waals surface area contributed by atoms with Crippen LogP contribution in [-0.2, 0) is 4.79 Å². The van der Waals surface area contributed by atoms with Crippen LogP contribution in [0.3, 0.4) is 0 Å². The lowest BCUT2D eigenvalue weighted by atomic mass is 10.2. The minimum atomic E-state index is -1.89. The van der Waals surface area contributed by atoms with Crippen molar-refractivity contribution in [3.05, 3.63) is 89.5 Å². The quantitative estimate of drug-likeness (QED) is 0.415. The van der Waals surface area contributed by atoms with Crippen LogP contribution in [0.1, 0.15) is 36.0 Å². The first-order valence-electron chi connectivity index (χ1n) is 10.2. The van der Waals surface area contributed by atoms with Gasteiger partial charge in [-0.2, -0.15) is 0 Å². The van der Waals surface area contributed by atoms with Crippen molar-refractivity contribution in [2.45, 2.75) is 40.0 Å². The van der Waals surface area contributed by atoms with Crippen molar-refractivity contribution in [1.29, 1.82) is 0 Å². The zero-order valence-corrected chi connectivity index (χ0v) is 18.5. The van der Waals surface area contributed by atoms with Gasteiger partial charge < -0.3 is 5.11 Å². The Morgan fingerprint density at radius 3 is 1.48 bits per heavy atom.